The molecule has 1 fully saturated rings. The molecule has 0 saturated carbocycles. The minimum Gasteiger partial charge on any atom is -0.351 e. The number of hydrogen-bond donors (Lipinski definition) is 2. The van der Waals surface area contributed by atoms with Gasteiger partial charge in [-0.05, 0) is 41.8 Å². The smallest absolute Gasteiger partial charge is 0.239 e. The van der Waals surface area contributed by atoms with E-state index in [0.29, 0.717) is 19.5 Å². The minimum absolute atomic E-state index is 0.148. The number of hydrogen-bond acceptors (Lipinski definition) is 3. The van der Waals surface area contributed by atoms with Gasteiger partial charge in [-0.1, -0.05) is 46.3 Å². The molecule has 6 nitrogen and oxygen atoms in total. The Morgan fingerprint density at radius 2 is 2.04 bits per heavy atom. The van der Waals surface area contributed by atoms with E-state index in [2.05, 4.69) is 31.4 Å². The van der Waals surface area contributed by atoms with Crippen molar-refractivity contribution in [3.63, 3.8) is 0 Å². The second-order valence-corrected chi connectivity index (χ2v) is 7.61. The Balaban J connectivity index is 1.36. The van der Waals surface area contributed by atoms with Crippen molar-refractivity contribution in [3.8, 4) is 11.3 Å². The average molecular weight is 439 g/mol. The first-order valence-corrected chi connectivity index (χ1v) is 9.84. The molecule has 142 valence electrons. The van der Waals surface area contributed by atoms with Gasteiger partial charge in [0.2, 0.25) is 11.8 Å². The third-order valence-corrected chi connectivity index (χ3v) is 5.37. The molecule has 3 aromatic rings. The molecule has 0 spiro atoms. The van der Waals surface area contributed by atoms with Gasteiger partial charge < -0.3 is 10.2 Å². The molecule has 0 aliphatic carbocycles. The lowest BCUT2D eigenvalue weighted by molar-refractivity contribution is -0.132. The summed E-state index contributed by atoms with van der Waals surface area (Å²) in [4.78, 5) is 26.9. The lowest BCUT2D eigenvalue weighted by Crippen LogP contribution is -2.36. The monoisotopic (exact) mass is 438 g/mol. The average Bonchev–Trinajstić information content (AvgIpc) is 3.36. The number of halogens is 1. The van der Waals surface area contributed by atoms with Crippen molar-refractivity contribution in [1.29, 1.82) is 0 Å². The molecular formula is C21H19BrN4O2. The number of benzene rings is 2. The van der Waals surface area contributed by atoms with Gasteiger partial charge in [0.1, 0.15) is 5.92 Å². The summed E-state index contributed by atoms with van der Waals surface area (Å²) in [7, 11) is 0. The van der Waals surface area contributed by atoms with Crippen LogP contribution in [-0.2, 0) is 16.1 Å². The second kappa shape index (κ2) is 7.98. The second-order valence-electron chi connectivity index (χ2n) is 6.70. The van der Waals surface area contributed by atoms with E-state index >= 15 is 0 Å². The van der Waals surface area contributed by atoms with E-state index in [1.54, 1.807) is 11.1 Å². The molecule has 2 heterocycles. The van der Waals surface area contributed by atoms with Crippen LogP contribution in [0.25, 0.3) is 11.3 Å². The predicted molar refractivity (Wildman–Crippen MR) is 110 cm³/mol. The summed E-state index contributed by atoms with van der Waals surface area (Å²) in [6.45, 7) is 0.939. The van der Waals surface area contributed by atoms with Crippen molar-refractivity contribution >= 4 is 33.4 Å². The van der Waals surface area contributed by atoms with Crippen LogP contribution in [0.15, 0.2) is 65.3 Å². The Morgan fingerprint density at radius 3 is 2.75 bits per heavy atom. The highest BCUT2D eigenvalue weighted by molar-refractivity contribution is 9.10. The lowest BCUT2D eigenvalue weighted by atomic mass is 10.1. The number of amides is 2. The van der Waals surface area contributed by atoms with E-state index in [-0.39, 0.29) is 11.8 Å². The molecule has 1 unspecified atom stereocenters. The lowest BCUT2D eigenvalue weighted by Gasteiger charge is -2.17. The number of nitrogens with zero attached hydrogens (tertiary/aromatic N) is 2. The highest BCUT2D eigenvalue weighted by atomic mass is 79.9. The zero-order valence-corrected chi connectivity index (χ0v) is 16.6. The maximum atomic E-state index is 12.7. The number of anilines is 1. The van der Waals surface area contributed by atoms with Crippen molar-refractivity contribution in [3.05, 3.63) is 70.8 Å². The van der Waals surface area contributed by atoms with Crippen molar-refractivity contribution in [2.24, 2.45) is 5.92 Å². The Bertz CT molecular complexity index is 986. The molecule has 0 bridgehead atoms. The predicted octanol–water partition coefficient (Wildman–Crippen LogP) is 3.51. The molecule has 1 aromatic heterocycles. The number of nitrogens with one attached hydrogen (secondary N) is 2. The molecule has 2 aromatic carbocycles. The zero-order chi connectivity index (χ0) is 19.5. The molecule has 28 heavy (non-hydrogen) atoms. The van der Waals surface area contributed by atoms with Crippen LogP contribution in [0.1, 0.15) is 12.0 Å². The van der Waals surface area contributed by atoms with Gasteiger partial charge in [0, 0.05) is 29.4 Å². The van der Waals surface area contributed by atoms with E-state index in [0.717, 1.165) is 27.0 Å². The number of carbonyl (C=O) groups is 2. The molecule has 4 rings (SSSR count). The van der Waals surface area contributed by atoms with Gasteiger partial charge in [-0.25, -0.2) is 0 Å². The summed E-state index contributed by atoms with van der Waals surface area (Å²) in [6.07, 6.45) is 2.23. The number of H-pyrrole nitrogens is 1. The van der Waals surface area contributed by atoms with E-state index in [1.807, 2.05) is 54.6 Å². The molecule has 1 aliphatic heterocycles. The summed E-state index contributed by atoms with van der Waals surface area (Å²) in [6, 6.07) is 17.3. The summed E-state index contributed by atoms with van der Waals surface area (Å²) >= 11 is 3.42. The van der Waals surface area contributed by atoms with Crippen molar-refractivity contribution in [2.45, 2.75) is 13.0 Å². The van der Waals surface area contributed by atoms with Crippen molar-refractivity contribution in [1.82, 2.24) is 15.5 Å². The third-order valence-electron chi connectivity index (χ3n) is 4.87. The number of aromatic nitrogens is 2. The quantitative estimate of drug-likeness (QED) is 0.598. The van der Waals surface area contributed by atoms with E-state index in [9.17, 15) is 9.59 Å². The first-order valence-electron chi connectivity index (χ1n) is 9.05. The Hall–Kier alpha value is -2.93. The molecule has 1 saturated heterocycles. The number of aromatic amines is 1. The van der Waals surface area contributed by atoms with Crippen LogP contribution in [0.3, 0.4) is 0 Å². The van der Waals surface area contributed by atoms with Crippen LogP contribution in [0.5, 0.6) is 0 Å². The normalized spacial score (nSPS) is 16.4. The Morgan fingerprint density at radius 1 is 1.21 bits per heavy atom. The summed E-state index contributed by atoms with van der Waals surface area (Å²) in [5.74, 6) is -1.01. The van der Waals surface area contributed by atoms with E-state index < -0.39 is 5.92 Å². The fourth-order valence-electron chi connectivity index (χ4n) is 3.35. The first-order chi connectivity index (χ1) is 13.6. The minimum atomic E-state index is -0.636. The van der Waals surface area contributed by atoms with Crippen molar-refractivity contribution in [2.75, 3.05) is 11.4 Å². The topological polar surface area (TPSA) is 78.1 Å². The zero-order valence-electron chi connectivity index (χ0n) is 15.1. The van der Waals surface area contributed by atoms with Crippen molar-refractivity contribution < 1.29 is 9.59 Å². The van der Waals surface area contributed by atoms with Gasteiger partial charge in [0.15, 0.2) is 0 Å². The maximum Gasteiger partial charge on any atom is 0.239 e. The summed E-state index contributed by atoms with van der Waals surface area (Å²) in [5, 5.41) is 9.76. The molecular weight excluding hydrogens is 420 g/mol. The van der Waals surface area contributed by atoms with Crippen LogP contribution in [0, 0.1) is 5.92 Å². The van der Waals surface area contributed by atoms with Gasteiger partial charge in [0.25, 0.3) is 0 Å². The molecule has 2 N–H and O–H groups in total. The first kappa shape index (κ1) is 18.4. The highest BCUT2D eigenvalue weighted by Gasteiger charge is 2.37. The van der Waals surface area contributed by atoms with E-state index in [1.165, 1.54) is 0 Å². The summed E-state index contributed by atoms with van der Waals surface area (Å²) in [5.41, 5.74) is 3.76. The van der Waals surface area contributed by atoms with Gasteiger partial charge in [-0.3, -0.25) is 14.7 Å². The fourth-order valence-corrected chi connectivity index (χ4v) is 3.74. The van der Waals surface area contributed by atoms with Crippen LogP contribution in [0.2, 0.25) is 0 Å². The van der Waals surface area contributed by atoms with Crippen LogP contribution in [-0.4, -0.2) is 28.6 Å². The maximum absolute atomic E-state index is 12.7. The van der Waals surface area contributed by atoms with Crippen LogP contribution in [0.4, 0.5) is 5.69 Å². The van der Waals surface area contributed by atoms with Gasteiger partial charge >= 0.3 is 0 Å². The van der Waals surface area contributed by atoms with Gasteiger partial charge in [-0.2, -0.15) is 5.10 Å². The highest BCUT2D eigenvalue weighted by Crippen LogP contribution is 2.27. The fraction of sp³-hybridized carbons (Fsp3) is 0.190. The number of rotatable bonds is 5. The molecule has 1 aliphatic rings. The number of carbonyl (C=O) groups excluding carboxylic acids is 2. The molecule has 7 heteroatoms. The Labute approximate surface area is 171 Å². The van der Waals surface area contributed by atoms with Gasteiger partial charge in [0.05, 0.1) is 5.69 Å². The molecule has 1 atom stereocenters. The molecule has 0 radical (unpaired) electrons. The standard InChI is InChI=1S/C21H19BrN4O2/c22-16-2-1-3-17(12-16)26-11-9-18(21(26)28)20(27)23-13-14-4-6-15(7-5-14)19-8-10-24-25-19/h1-8,10,12,18H,9,11,13H2,(H,23,27)(H,24,25). The van der Waals surface area contributed by atoms with Crippen LogP contribution >= 0.6 is 15.9 Å². The summed E-state index contributed by atoms with van der Waals surface area (Å²) < 4.78 is 0.907. The van der Waals surface area contributed by atoms with Crippen LogP contribution < -0.4 is 10.2 Å². The van der Waals surface area contributed by atoms with Gasteiger partial charge in [-0.15, -0.1) is 0 Å². The Kier molecular flexibility index (Phi) is 5.25. The van der Waals surface area contributed by atoms with E-state index in [4.69, 9.17) is 0 Å². The third kappa shape index (κ3) is 3.84. The largest absolute Gasteiger partial charge is 0.351 e. The molecule has 2 amide bonds. The SMILES string of the molecule is O=C(NCc1ccc(-c2ccn[nH]2)cc1)C1CCN(c2cccc(Br)c2)C1=O.